The Balaban J connectivity index is 2.21. The summed E-state index contributed by atoms with van der Waals surface area (Å²) in [7, 11) is 1.56. The van der Waals surface area contributed by atoms with Crippen LogP contribution in [0.15, 0.2) is 24.3 Å². The molecule has 0 bridgehead atoms. The summed E-state index contributed by atoms with van der Waals surface area (Å²) in [5.41, 5.74) is 0.388. The van der Waals surface area contributed by atoms with Gasteiger partial charge in [-0.15, -0.1) is 0 Å². The number of ether oxygens (including phenoxy) is 2. The zero-order chi connectivity index (χ0) is 12.5. The lowest BCUT2D eigenvalue weighted by atomic mass is 10.3. The Labute approximate surface area is 98.9 Å². The summed E-state index contributed by atoms with van der Waals surface area (Å²) in [5.74, 6) is -0.404. The van der Waals surface area contributed by atoms with Crippen LogP contribution in [0.4, 0.5) is 14.9 Å². The number of methoxy groups -OCH3 is 1. The topological polar surface area (TPSA) is 59.6 Å². The SMILES string of the molecule is COCCOCNC(=O)Nc1cccc(F)c1. The molecule has 2 amide bonds. The fourth-order valence-electron chi connectivity index (χ4n) is 1.07. The number of hydrogen-bond donors (Lipinski definition) is 2. The van der Waals surface area contributed by atoms with Crippen molar-refractivity contribution in [2.24, 2.45) is 0 Å². The molecule has 0 fully saturated rings. The molecule has 0 aliphatic heterocycles. The van der Waals surface area contributed by atoms with E-state index < -0.39 is 11.8 Å². The highest BCUT2D eigenvalue weighted by Gasteiger charge is 2.01. The Morgan fingerprint density at radius 1 is 1.41 bits per heavy atom. The fraction of sp³-hybridized carbons (Fsp3) is 0.364. The second-order valence-electron chi connectivity index (χ2n) is 3.19. The Hall–Kier alpha value is -1.66. The van der Waals surface area contributed by atoms with E-state index in [-0.39, 0.29) is 6.73 Å². The molecule has 0 saturated carbocycles. The molecular weight excluding hydrogens is 227 g/mol. The Kier molecular flexibility index (Phi) is 5.98. The molecular formula is C11H15FN2O3. The molecule has 5 nitrogen and oxygen atoms in total. The standard InChI is InChI=1S/C11H15FN2O3/c1-16-5-6-17-8-13-11(15)14-10-4-2-3-9(12)7-10/h2-4,7H,5-6,8H2,1H3,(H2,13,14,15). The molecule has 1 rings (SSSR count). The quantitative estimate of drug-likeness (QED) is 0.588. The van der Waals surface area contributed by atoms with Crippen LogP contribution in [0.5, 0.6) is 0 Å². The van der Waals surface area contributed by atoms with Crippen LogP contribution in [0.1, 0.15) is 0 Å². The first-order valence-electron chi connectivity index (χ1n) is 5.09. The minimum atomic E-state index is -0.451. The van der Waals surface area contributed by atoms with Crippen LogP contribution in [0, 0.1) is 5.82 Å². The molecule has 1 aromatic rings. The minimum absolute atomic E-state index is 0.0739. The summed E-state index contributed by atoms with van der Waals surface area (Å²) in [4.78, 5) is 11.3. The van der Waals surface area contributed by atoms with Crippen molar-refractivity contribution in [3.63, 3.8) is 0 Å². The normalized spacial score (nSPS) is 10.0. The maximum Gasteiger partial charge on any atom is 0.321 e. The molecule has 0 atom stereocenters. The Bertz CT molecular complexity index is 360. The van der Waals surface area contributed by atoms with E-state index in [1.54, 1.807) is 13.2 Å². The average Bonchev–Trinajstić information content (AvgIpc) is 2.29. The van der Waals surface area contributed by atoms with Crippen molar-refractivity contribution in [2.75, 3.05) is 32.4 Å². The second-order valence-corrected chi connectivity index (χ2v) is 3.19. The minimum Gasteiger partial charge on any atom is -0.382 e. The first-order valence-corrected chi connectivity index (χ1v) is 5.09. The number of nitrogens with one attached hydrogen (secondary N) is 2. The van der Waals surface area contributed by atoms with Crippen LogP contribution >= 0.6 is 0 Å². The largest absolute Gasteiger partial charge is 0.382 e. The maximum atomic E-state index is 12.8. The average molecular weight is 242 g/mol. The zero-order valence-corrected chi connectivity index (χ0v) is 9.53. The smallest absolute Gasteiger partial charge is 0.321 e. The van der Waals surface area contributed by atoms with Crippen LogP contribution < -0.4 is 10.6 Å². The summed E-state index contributed by atoms with van der Waals surface area (Å²) in [6, 6.07) is 5.18. The third-order valence-corrected chi connectivity index (χ3v) is 1.85. The van der Waals surface area contributed by atoms with Gasteiger partial charge in [0, 0.05) is 12.8 Å². The number of carbonyl (C=O) groups excluding carboxylic acids is 1. The lowest BCUT2D eigenvalue weighted by Crippen LogP contribution is -2.31. The van der Waals surface area contributed by atoms with Crippen molar-refractivity contribution in [1.82, 2.24) is 5.32 Å². The molecule has 94 valence electrons. The molecule has 0 aliphatic carbocycles. The molecule has 17 heavy (non-hydrogen) atoms. The van der Waals surface area contributed by atoms with Crippen LogP contribution in [0.3, 0.4) is 0 Å². The van der Waals surface area contributed by atoms with Gasteiger partial charge in [0.2, 0.25) is 0 Å². The number of anilines is 1. The third-order valence-electron chi connectivity index (χ3n) is 1.85. The number of amides is 2. The van der Waals surface area contributed by atoms with Gasteiger partial charge in [-0.25, -0.2) is 9.18 Å². The number of hydrogen-bond acceptors (Lipinski definition) is 3. The number of carbonyl (C=O) groups is 1. The van der Waals surface area contributed by atoms with Gasteiger partial charge in [-0.1, -0.05) is 6.07 Å². The molecule has 2 N–H and O–H groups in total. The van der Waals surface area contributed by atoms with Gasteiger partial charge in [0.15, 0.2) is 0 Å². The molecule has 0 aliphatic rings. The van der Waals surface area contributed by atoms with E-state index in [4.69, 9.17) is 9.47 Å². The summed E-state index contributed by atoms with van der Waals surface area (Å²) in [6.07, 6.45) is 0. The van der Waals surface area contributed by atoms with Gasteiger partial charge < -0.3 is 20.1 Å². The van der Waals surface area contributed by atoms with Gasteiger partial charge in [-0.3, -0.25) is 0 Å². The highest BCUT2D eigenvalue weighted by molar-refractivity contribution is 5.89. The van der Waals surface area contributed by atoms with E-state index in [0.29, 0.717) is 18.9 Å². The molecule has 0 radical (unpaired) electrons. The van der Waals surface area contributed by atoms with Crippen molar-refractivity contribution in [3.05, 3.63) is 30.1 Å². The molecule has 0 unspecified atom stereocenters. The predicted molar refractivity (Wildman–Crippen MR) is 61.2 cm³/mol. The first kappa shape index (κ1) is 13.4. The summed E-state index contributed by atoms with van der Waals surface area (Å²) in [6.45, 7) is 0.939. The van der Waals surface area contributed by atoms with Gasteiger partial charge in [0.25, 0.3) is 0 Å². The predicted octanol–water partition coefficient (Wildman–Crippen LogP) is 1.57. The van der Waals surface area contributed by atoms with Crippen molar-refractivity contribution >= 4 is 11.7 Å². The second kappa shape index (κ2) is 7.59. The number of urea groups is 1. The van der Waals surface area contributed by atoms with Crippen LogP contribution in [0.2, 0.25) is 0 Å². The van der Waals surface area contributed by atoms with Gasteiger partial charge in [-0.05, 0) is 18.2 Å². The van der Waals surface area contributed by atoms with Gasteiger partial charge in [0.05, 0.1) is 13.2 Å². The molecule has 0 spiro atoms. The molecule has 6 heteroatoms. The fourth-order valence-corrected chi connectivity index (χ4v) is 1.07. The highest BCUT2D eigenvalue weighted by atomic mass is 19.1. The van der Waals surface area contributed by atoms with Gasteiger partial charge in [0.1, 0.15) is 12.5 Å². The molecule has 0 saturated heterocycles. The summed E-state index contributed by atoms with van der Waals surface area (Å²) < 4.78 is 22.6. The molecule has 0 heterocycles. The van der Waals surface area contributed by atoms with Crippen molar-refractivity contribution in [2.45, 2.75) is 0 Å². The number of rotatable bonds is 6. The van der Waals surface area contributed by atoms with E-state index >= 15 is 0 Å². The summed E-state index contributed by atoms with van der Waals surface area (Å²) in [5, 5.41) is 4.93. The zero-order valence-electron chi connectivity index (χ0n) is 9.53. The first-order chi connectivity index (χ1) is 8.22. The molecule has 1 aromatic carbocycles. The van der Waals surface area contributed by atoms with Crippen molar-refractivity contribution in [3.8, 4) is 0 Å². The van der Waals surface area contributed by atoms with Crippen LogP contribution in [-0.4, -0.2) is 33.1 Å². The number of halogens is 1. The van der Waals surface area contributed by atoms with Crippen LogP contribution in [0.25, 0.3) is 0 Å². The highest BCUT2D eigenvalue weighted by Crippen LogP contribution is 2.08. The van der Waals surface area contributed by atoms with E-state index in [1.165, 1.54) is 18.2 Å². The van der Waals surface area contributed by atoms with E-state index in [9.17, 15) is 9.18 Å². The maximum absolute atomic E-state index is 12.8. The monoisotopic (exact) mass is 242 g/mol. The molecule has 0 aromatic heterocycles. The Morgan fingerprint density at radius 3 is 2.94 bits per heavy atom. The van der Waals surface area contributed by atoms with Gasteiger partial charge >= 0.3 is 6.03 Å². The van der Waals surface area contributed by atoms with Crippen molar-refractivity contribution in [1.29, 1.82) is 0 Å². The van der Waals surface area contributed by atoms with E-state index in [2.05, 4.69) is 10.6 Å². The lowest BCUT2D eigenvalue weighted by Gasteiger charge is -2.08. The van der Waals surface area contributed by atoms with E-state index in [1.807, 2.05) is 0 Å². The van der Waals surface area contributed by atoms with E-state index in [0.717, 1.165) is 0 Å². The summed E-state index contributed by atoms with van der Waals surface area (Å²) >= 11 is 0. The lowest BCUT2D eigenvalue weighted by molar-refractivity contribution is 0.0650. The third kappa shape index (κ3) is 5.84. The van der Waals surface area contributed by atoms with Gasteiger partial charge in [-0.2, -0.15) is 0 Å². The Morgan fingerprint density at radius 2 is 2.24 bits per heavy atom. The van der Waals surface area contributed by atoms with Crippen LogP contribution in [-0.2, 0) is 9.47 Å². The van der Waals surface area contributed by atoms with Crippen molar-refractivity contribution < 1.29 is 18.7 Å². The number of benzene rings is 1.